The Hall–Kier alpha value is -1.79. The number of carboxylic acid groups (broad SMARTS) is 2. The van der Waals surface area contributed by atoms with E-state index in [-0.39, 0.29) is 0 Å². The van der Waals surface area contributed by atoms with E-state index in [1.807, 2.05) is 0 Å². The first-order chi connectivity index (χ1) is 9.36. The molecule has 0 amide bonds. The summed E-state index contributed by atoms with van der Waals surface area (Å²) in [5.41, 5.74) is -0.101. The van der Waals surface area contributed by atoms with Gasteiger partial charge in [-0.1, -0.05) is 27.0 Å². The zero-order chi connectivity index (χ0) is 17.2. The molecule has 0 unspecified atom stereocenters. The zero-order valence-electron chi connectivity index (χ0n) is 12.2. The van der Waals surface area contributed by atoms with E-state index in [1.54, 1.807) is 0 Å². The topological polar surface area (TPSA) is 74.6 Å². The summed E-state index contributed by atoms with van der Waals surface area (Å²) >= 11 is 0. The number of aliphatic carboxylic acids is 2. The molecule has 21 heavy (non-hydrogen) atoms. The molecule has 0 aromatic heterocycles. The molecule has 0 aliphatic rings. The minimum absolute atomic E-state index is 0.314. The van der Waals surface area contributed by atoms with Gasteiger partial charge in [-0.05, 0) is 25.2 Å². The molecule has 7 heteroatoms. The lowest BCUT2D eigenvalue weighted by Crippen LogP contribution is -2.09. The summed E-state index contributed by atoms with van der Waals surface area (Å²) in [5.74, 6) is -1.70. The van der Waals surface area contributed by atoms with E-state index >= 15 is 0 Å². The lowest BCUT2D eigenvalue weighted by Gasteiger charge is -2.04. The van der Waals surface area contributed by atoms with Crippen molar-refractivity contribution in [3.8, 4) is 0 Å². The van der Waals surface area contributed by atoms with Gasteiger partial charge in [0.2, 0.25) is 0 Å². The molecule has 0 saturated heterocycles. The maximum absolute atomic E-state index is 11.4. The van der Waals surface area contributed by atoms with Gasteiger partial charge in [-0.3, -0.25) is 0 Å². The Balaban J connectivity index is 0. The highest BCUT2D eigenvalue weighted by Gasteiger charge is 2.27. The molecule has 0 rings (SSSR count). The second-order valence-electron chi connectivity index (χ2n) is 4.87. The molecule has 122 valence electrons. The largest absolute Gasteiger partial charge is 0.478 e. The van der Waals surface area contributed by atoms with E-state index in [1.165, 1.54) is 0 Å². The average molecular weight is 310 g/mol. The number of rotatable bonds is 7. The summed E-state index contributed by atoms with van der Waals surface area (Å²) in [5, 5.41) is 16.5. The Kier molecular flexibility index (Phi) is 10.3. The summed E-state index contributed by atoms with van der Waals surface area (Å²) in [6.45, 7) is 10.5. The van der Waals surface area contributed by atoms with Crippen LogP contribution in [-0.2, 0) is 9.59 Å². The molecular weight excluding hydrogens is 289 g/mol. The fourth-order valence-electron chi connectivity index (χ4n) is 0.969. The van der Waals surface area contributed by atoms with Gasteiger partial charge in [0.25, 0.3) is 0 Å². The first-order valence-corrected chi connectivity index (χ1v) is 6.25. The van der Waals surface area contributed by atoms with Crippen LogP contribution in [0.15, 0.2) is 24.3 Å². The van der Waals surface area contributed by atoms with Crippen molar-refractivity contribution in [3.63, 3.8) is 0 Å². The van der Waals surface area contributed by atoms with E-state index in [0.29, 0.717) is 17.9 Å². The molecule has 2 N–H and O–H groups in total. The molecular formula is C14H21F3O4. The van der Waals surface area contributed by atoms with Crippen LogP contribution in [0, 0.1) is 5.92 Å². The highest BCUT2D eigenvalue weighted by molar-refractivity contribution is 5.86. The molecule has 0 bridgehead atoms. The quantitative estimate of drug-likeness (QED) is 0.696. The van der Waals surface area contributed by atoms with Gasteiger partial charge in [0.15, 0.2) is 0 Å². The van der Waals surface area contributed by atoms with E-state index in [0.717, 1.165) is 6.42 Å². The molecule has 0 spiro atoms. The Morgan fingerprint density at radius 1 is 1.00 bits per heavy atom. The molecule has 0 aromatic carbocycles. The van der Waals surface area contributed by atoms with E-state index in [2.05, 4.69) is 27.0 Å². The monoisotopic (exact) mass is 310 g/mol. The second-order valence-corrected chi connectivity index (χ2v) is 4.87. The molecule has 0 atom stereocenters. The van der Waals surface area contributed by atoms with Crippen LogP contribution in [0.25, 0.3) is 0 Å². The van der Waals surface area contributed by atoms with Crippen LogP contribution >= 0.6 is 0 Å². The van der Waals surface area contributed by atoms with Crippen molar-refractivity contribution >= 4 is 11.9 Å². The fourth-order valence-corrected chi connectivity index (χ4v) is 0.969. The van der Waals surface area contributed by atoms with Gasteiger partial charge < -0.3 is 10.2 Å². The Morgan fingerprint density at radius 2 is 1.38 bits per heavy atom. The molecule has 0 saturated carbocycles. The normalized spacial score (nSPS) is 10.6. The van der Waals surface area contributed by atoms with E-state index < -0.39 is 36.5 Å². The first kappa shape index (κ1) is 21.5. The summed E-state index contributed by atoms with van der Waals surface area (Å²) in [6.07, 6.45) is -4.46. The minimum atomic E-state index is -4.31. The van der Waals surface area contributed by atoms with Crippen molar-refractivity contribution in [2.75, 3.05) is 0 Å². The summed E-state index contributed by atoms with van der Waals surface area (Å²) in [6, 6.07) is 0. The maximum atomic E-state index is 11.4. The SMILES string of the molecule is C=C(CCC(C)C)C(=O)O.C=C(CCC(F)(F)F)C(=O)O. The maximum Gasteiger partial charge on any atom is 0.389 e. The molecule has 0 aliphatic heterocycles. The van der Waals surface area contributed by atoms with Gasteiger partial charge in [0.05, 0.1) is 0 Å². The summed E-state index contributed by atoms with van der Waals surface area (Å²) in [4.78, 5) is 20.2. The number of hydrogen-bond acceptors (Lipinski definition) is 2. The number of hydrogen-bond donors (Lipinski definition) is 2. The zero-order valence-corrected chi connectivity index (χ0v) is 12.2. The Morgan fingerprint density at radius 3 is 1.67 bits per heavy atom. The lowest BCUT2D eigenvalue weighted by molar-refractivity contribution is -0.138. The van der Waals surface area contributed by atoms with E-state index in [9.17, 15) is 22.8 Å². The standard InChI is InChI=1S/C8H14O2.C6H7F3O2/c1-6(2)4-5-7(3)8(9)10;1-4(5(10)11)2-3-6(7,8)9/h6H,3-5H2,1-2H3,(H,9,10);1-3H2,(H,10,11). The molecule has 0 aliphatic carbocycles. The number of carbonyl (C=O) groups is 2. The van der Waals surface area contributed by atoms with Gasteiger partial charge in [-0.2, -0.15) is 13.2 Å². The molecule has 0 aromatic rings. The smallest absolute Gasteiger partial charge is 0.389 e. The van der Waals surface area contributed by atoms with Crippen molar-refractivity contribution in [2.45, 2.75) is 45.7 Å². The molecule has 0 heterocycles. The van der Waals surface area contributed by atoms with Crippen molar-refractivity contribution in [1.29, 1.82) is 0 Å². The van der Waals surface area contributed by atoms with Crippen molar-refractivity contribution in [2.24, 2.45) is 5.92 Å². The second kappa shape index (κ2) is 10.0. The van der Waals surface area contributed by atoms with Gasteiger partial charge in [-0.25, -0.2) is 9.59 Å². The third-order valence-corrected chi connectivity index (χ3v) is 2.34. The lowest BCUT2D eigenvalue weighted by atomic mass is 10.0. The number of carboxylic acids is 2. The van der Waals surface area contributed by atoms with Crippen LogP contribution < -0.4 is 0 Å². The van der Waals surface area contributed by atoms with Gasteiger partial charge in [-0.15, -0.1) is 0 Å². The van der Waals surface area contributed by atoms with Gasteiger partial charge in [0.1, 0.15) is 0 Å². The molecule has 0 radical (unpaired) electrons. The van der Waals surface area contributed by atoms with Crippen LogP contribution in [0.4, 0.5) is 13.2 Å². The highest BCUT2D eigenvalue weighted by Crippen LogP contribution is 2.23. The van der Waals surface area contributed by atoms with Crippen molar-refractivity contribution < 1.29 is 33.0 Å². The molecule has 4 nitrogen and oxygen atoms in total. The van der Waals surface area contributed by atoms with Crippen LogP contribution in [0.3, 0.4) is 0 Å². The van der Waals surface area contributed by atoms with Crippen LogP contribution in [0.1, 0.15) is 39.5 Å². The third kappa shape index (κ3) is 16.2. The summed E-state index contributed by atoms with van der Waals surface area (Å²) in [7, 11) is 0. The minimum Gasteiger partial charge on any atom is -0.478 e. The van der Waals surface area contributed by atoms with Crippen LogP contribution in [0.5, 0.6) is 0 Å². The predicted octanol–water partition coefficient (Wildman–Crippen LogP) is 4.03. The fraction of sp³-hybridized carbons (Fsp3) is 0.571. The number of halogens is 3. The van der Waals surface area contributed by atoms with Crippen molar-refractivity contribution in [1.82, 2.24) is 0 Å². The number of alkyl halides is 3. The van der Waals surface area contributed by atoms with Crippen LogP contribution in [-0.4, -0.2) is 28.3 Å². The molecule has 0 fully saturated rings. The summed E-state index contributed by atoms with van der Waals surface area (Å²) < 4.78 is 34.3. The highest BCUT2D eigenvalue weighted by atomic mass is 19.4. The Labute approximate surface area is 122 Å². The van der Waals surface area contributed by atoms with Gasteiger partial charge >= 0.3 is 18.1 Å². The van der Waals surface area contributed by atoms with Gasteiger partial charge in [0, 0.05) is 17.6 Å². The van der Waals surface area contributed by atoms with Crippen LogP contribution in [0.2, 0.25) is 0 Å². The van der Waals surface area contributed by atoms with Crippen molar-refractivity contribution in [3.05, 3.63) is 24.3 Å². The Bertz CT molecular complexity index is 384. The predicted molar refractivity (Wildman–Crippen MR) is 72.9 cm³/mol. The van der Waals surface area contributed by atoms with E-state index in [4.69, 9.17) is 10.2 Å². The first-order valence-electron chi connectivity index (χ1n) is 6.25. The third-order valence-electron chi connectivity index (χ3n) is 2.34. The average Bonchev–Trinajstić information content (AvgIpc) is 2.32.